The quantitative estimate of drug-likeness (QED) is 0.152. The Morgan fingerprint density at radius 2 is 1.00 bits per heavy atom. The zero-order valence-electron chi connectivity index (χ0n) is 25.2. The Balaban J connectivity index is 1.49. The number of nitrogens with zero attached hydrogens (tertiary/aromatic N) is 2. The van der Waals surface area contributed by atoms with Crippen LogP contribution in [0.2, 0.25) is 0 Å². The number of carbonyl (C=O) groups excluding carboxylic acids is 2. The van der Waals surface area contributed by atoms with Gasteiger partial charge in [-0.05, 0) is 35.4 Å². The third kappa shape index (κ3) is 7.42. The molecule has 0 fully saturated rings. The highest BCUT2D eigenvalue weighted by atomic mass is 16.6. The third-order valence-electron chi connectivity index (χ3n) is 7.47. The highest BCUT2D eigenvalue weighted by Crippen LogP contribution is 2.42. The van der Waals surface area contributed by atoms with Crippen molar-refractivity contribution >= 4 is 23.2 Å². The van der Waals surface area contributed by atoms with Crippen LogP contribution >= 0.6 is 0 Å². The summed E-state index contributed by atoms with van der Waals surface area (Å²) in [5.74, 6) is 0.292. The summed E-state index contributed by atoms with van der Waals surface area (Å²) >= 11 is 0. The second-order valence-electron chi connectivity index (χ2n) is 10.7. The van der Waals surface area contributed by atoms with E-state index in [1.807, 2.05) is 26.0 Å². The fourth-order valence-corrected chi connectivity index (χ4v) is 4.88. The summed E-state index contributed by atoms with van der Waals surface area (Å²) in [4.78, 5) is 46.6. The van der Waals surface area contributed by atoms with Gasteiger partial charge in [0.25, 0.3) is 23.2 Å². The topological polar surface area (TPSA) is 163 Å². The Hall–Kier alpha value is -5.78. The van der Waals surface area contributed by atoms with Gasteiger partial charge < -0.3 is 20.1 Å². The van der Waals surface area contributed by atoms with Gasteiger partial charge in [-0.3, -0.25) is 29.8 Å². The van der Waals surface area contributed by atoms with Crippen molar-refractivity contribution in [1.29, 1.82) is 0 Å². The van der Waals surface area contributed by atoms with Gasteiger partial charge in [0.15, 0.2) is 0 Å². The summed E-state index contributed by atoms with van der Waals surface area (Å²) in [5.41, 5.74) is 3.03. The SMILES string of the molecule is COc1cc(C(=O)NCc2ccc([N+](=O)[O-])cc2)ccc1C(C)(C)c1ccc(C(=O)NCc2ccc([N+](=O)[O-])cc2)cc1OC. The molecule has 2 amide bonds. The normalized spacial score (nSPS) is 10.9. The molecule has 0 aliphatic rings. The maximum Gasteiger partial charge on any atom is 0.269 e. The molecule has 45 heavy (non-hydrogen) atoms. The van der Waals surface area contributed by atoms with E-state index < -0.39 is 15.3 Å². The van der Waals surface area contributed by atoms with Gasteiger partial charge in [0.1, 0.15) is 11.5 Å². The van der Waals surface area contributed by atoms with E-state index in [1.165, 1.54) is 38.5 Å². The molecule has 0 aromatic heterocycles. The highest BCUT2D eigenvalue weighted by Gasteiger charge is 2.31. The fraction of sp³-hybridized carbons (Fsp3) is 0.212. The van der Waals surface area contributed by atoms with E-state index in [0.29, 0.717) is 33.8 Å². The molecule has 12 nitrogen and oxygen atoms in total. The summed E-state index contributed by atoms with van der Waals surface area (Å²) < 4.78 is 11.4. The predicted octanol–water partition coefficient (Wildman–Crippen LogP) is 5.71. The molecular formula is C33H32N4O8. The molecule has 0 unspecified atom stereocenters. The number of benzene rings is 4. The average molecular weight is 613 g/mol. The first-order valence-corrected chi connectivity index (χ1v) is 13.8. The summed E-state index contributed by atoms with van der Waals surface area (Å²) in [6.07, 6.45) is 0. The molecule has 0 radical (unpaired) electrons. The molecule has 0 aliphatic heterocycles. The van der Waals surface area contributed by atoms with Gasteiger partial charge >= 0.3 is 0 Å². The second kappa shape index (κ2) is 13.7. The number of hydrogen-bond acceptors (Lipinski definition) is 8. The van der Waals surface area contributed by atoms with Crippen LogP contribution in [0.1, 0.15) is 56.8 Å². The van der Waals surface area contributed by atoms with E-state index >= 15 is 0 Å². The van der Waals surface area contributed by atoms with Crippen molar-refractivity contribution in [3.8, 4) is 11.5 Å². The predicted molar refractivity (Wildman–Crippen MR) is 167 cm³/mol. The molecule has 4 rings (SSSR count). The molecule has 12 heteroatoms. The molecule has 0 atom stereocenters. The van der Waals surface area contributed by atoms with Crippen LogP contribution in [-0.4, -0.2) is 35.9 Å². The number of hydrogen-bond donors (Lipinski definition) is 2. The molecule has 0 aliphatic carbocycles. The highest BCUT2D eigenvalue weighted by molar-refractivity contribution is 5.95. The van der Waals surface area contributed by atoms with Crippen LogP contribution in [0.5, 0.6) is 11.5 Å². The molecule has 0 saturated heterocycles. The summed E-state index contributed by atoms with van der Waals surface area (Å²) in [7, 11) is 3.03. The van der Waals surface area contributed by atoms with Crippen LogP contribution < -0.4 is 20.1 Å². The first kappa shape index (κ1) is 32.1. The molecule has 2 N–H and O–H groups in total. The van der Waals surface area contributed by atoms with E-state index in [4.69, 9.17) is 9.47 Å². The summed E-state index contributed by atoms with van der Waals surface area (Å²) in [6.45, 7) is 4.34. The van der Waals surface area contributed by atoms with Gasteiger partial charge in [-0.1, -0.05) is 50.2 Å². The van der Waals surface area contributed by atoms with Crippen molar-refractivity contribution in [3.63, 3.8) is 0 Å². The standard InChI is InChI=1S/C33H32N4O8/c1-33(2,27-15-9-23(17-29(27)44-3)31(38)34-19-21-5-11-25(12-6-21)36(40)41)28-16-10-24(18-30(28)45-4)32(39)35-20-22-7-13-26(14-8-22)37(42)43/h5-18H,19-20H2,1-4H3,(H,34,38)(H,35,39). The lowest BCUT2D eigenvalue weighted by Gasteiger charge is -2.30. The molecule has 0 spiro atoms. The van der Waals surface area contributed by atoms with Crippen LogP contribution in [0.25, 0.3) is 0 Å². The number of non-ortho nitro benzene ring substituents is 2. The zero-order chi connectivity index (χ0) is 32.7. The Kier molecular flexibility index (Phi) is 9.77. The van der Waals surface area contributed by atoms with Crippen molar-refractivity contribution < 1.29 is 28.9 Å². The van der Waals surface area contributed by atoms with Gasteiger partial charge in [-0.2, -0.15) is 0 Å². The van der Waals surface area contributed by atoms with E-state index in [-0.39, 0.29) is 36.3 Å². The minimum Gasteiger partial charge on any atom is -0.496 e. The van der Waals surface area contributed by atoms with Crippen molar-refractivity contribution in [1.82, 2.24) is 10.6 Å². The second-order valence-corrected chi connectivity index (χ2v) is 10.7. The number of nitrogens with one attached hydrogen (secondary N) is 2. The molecular weight excluding hydrogens is 580 g/mol. The van der Waals surface area contributed by atoms with Gasteiger partial charge in [0.05, 0.1) is 24.1 Å². The summed E-state index contributed by atoms with van der Waals surface area (Å²) in [5, 5.41) is 27.4. The van der Waals surface area contributed by atoms with E-state index in [0.717, 1.165) is 11.1 Å². The first-order valence-electron chi connectivity index (χ1n) is 13.8. The van der Waals surface area contributed by atoms with Crippen LogP contribution in [-0.2, 0) is 18.5 Å². The number of rotatable bonds is 12. The molecule has 4 aromatic carbocycles. The van der Waals surface area contributed by atoms with Crippen molar-refractivity contribution in [2.24, 2.45) is 0 Å². The number of amides is 2. The maximum absolute atomic E-state index is 12.9. The number of nitro benzene ring substituents is 2. The van der Waals surface area contributed by atoms with Crippen molar-refractivity contribution in [2.45, 2.75) is 32.4 Å². The van der Waals surface area contributed by atoms with E-state index in [1.54, 1.807) is 48.5 Å². The van der Waals surface area contributed by atoms with E-state index in [9.17, 15) is 29.8 Å². The number of nitro groups is 2. The number of carbonyl (C=O) groups is 2. The minimum absolute atomic E-state index is 0.0257. The third-order valence-corrected chi connectivity index (χ3v) is 7.47. The Bertz CT molecular complexity index is 1610. The van der Waals surface area contributed by atoms with Gasteiger partial charge in [-0.15, -0.1) is 0 Å². The lowest BCUT2D eigenvalue weighted by Crippen LogP contribution is -2.25. The maximum atomic E-state index is 12.9. The van der Waals surface area contributed by atoms with Gasteiger partial charge in [-0.25, -0.2) is 0 Å². The van der Waals surface area contributed by atoms with E-state index in [2.05, 4.69) is 10.6 Å². The Morgan fingerprint density at radius 1 is 0.644 bits per heavy atom. The van der Waals surface area contributed by atoms with Crippen LogP contribution in [0, 0.1) is 20.2 Å². The number of methoxy groups -OCH3 is 2. The fourth-order valence-electron chi connectivity index (χ4n) is 4.88. The average Bonchev–Trinajstić information content (AvgIpc) is 3.05. The molecule has 232 valence electrons. The first-order chi connectivity index (χ1) is 21.4. The Labute approximate surface area is 259 Å². The summed E-state index contributed by atoms with van der Waals surface area (Å²) in [6, 6.07) is 22.2. The van der Waals surface area contributed by atoms with Crippen LogP contribution in [0.3, 0.4) is 0 Å². The lowest BCUT2D eigenvalue weighted by molar-refractivity contribution is -0.385. The monoisotopic (exact) mass is 612 g/mol. The van der Waals surface area contributed by atoms with Gasteiger partial charge in [0, 0.05) is 65.0 Å². The molecule has 0 saturated carbocycles. The van der Waals surface area contributed by atoms with Crippen molar-refractivity contribution in [3.05, 3.63) is 139 Å². The largest absolute Gasteiger partial charge is 0.496 e. The molecule has 0 heterocycles. The lowest BCUT2D eigenvalue weighted by atomic mass is 9.76. The van der Waals surface area contributed by atoms with Crippen LogP contribution in [0.4, 0.5) is 11.4 Å². The van der Waals surface area contributed by atoms with Gasteiger partial charge in [0.2, 0.25) is 0 Å². The molecule has 4 aromatic rings. The molecule has 0 bridgehead atoms. The van der Waals surface area contributed by atoms with Crippen LogP contribution in [0.15, 0.2) is 84.9 Å². The Morgan fingerprint density at radius 3 is 1.31 bits per heavy atom. The number of ether oxygens (including phenoxy) is 2. The minimum atomic E-state index is -0.668. The zero-order valence-corrected chi connectivity index (χ0v) is 25.2. The van der Waals surface area contributed by atoms with Crippen molar-refractivity contribution in [2.75, 3.05) is 14.2 Å². The smallest absolute Gasteiger partial charge is 0.269 e.